The molecule has 2 aromatic rings. The number of benzene rings is 1. The molecule has 0 aliphatic carbocycles. The highest BCUT2D eigenvalue weighted by Crippen LogP contribution is 2.37. The molecule has 1 heterocycles. The van der Waals surface area contributed by atoms with Crippen molar-refractivity contribution in [1.29, 1.82) is 0 Å². The van der Waals surface area contributed by atoms with Crippen molar-refractivity contribution in [3.63, 3.8) is 0 Å². The maximum Gasteiger partial charge on any atom is 0.175 e. The molecule has 0 aliphatic rings. The fraction of sp³-hybridized carbons (Fsp3) is 0.308. The number of halogens is 1. The largest absolute Gasteiger partial charge is 0.493 e. The third kappa shape index (κ3) is 3.68. The first kappa shape index (κ1) is 14.3. The highest BCUT2D eigenvalue weighted by atomic mass is 79.9. The summed E-state index contributed by atoms with van der Waals surface area (Å²) in [6.07, 6.45) is 0. The van der Waals surface area contributed by atoms with E-state index in [9.17, 15) is 0 Å². The Labute approximate surface area is 124 Å². The van der Waals surface area contributed by atoms with E-state index in [-0.39, 0.29) is 0 Å². The lowest BCUT2D eigenvalue weighted by atomic mass is 10.2. The van der Waals surface area contributed by atoms with Crippen molar-refractivity contribution in [3.05, 3.63) is 38.8 Å². The molecule has 0 radical (unpaired) electrons. The number of methoxy groups -OCH3 is 1. The molecule has 2 rings (SSSR count). The molecular formula is C13H15BrN2O2S. The maximum absolute atomic E-state index is 5.79. The first-order chi connectivity index (χ1) is 9.24. The van der Waals surface area contributed by atoms with Gasteiger partial charge in [-0.05, 0) is 40.7 Å². The summed E-state index contributed by atoms with van der Waals surface area (Å²) in [6.45, 7) is 1.21. The summed E-state index contributed by atoms with van der Waals surface area (Å²) in [4.78, 5) is 4.19. The molecule has 0 fully saturated rings. The SMILES string of the molecule is CNCc1cc(Br)c(OCc2cscn2)c(OC)c1. The molecule has 0 amide bonds. The second kappa shape index (κ2) is 6.88. The Morgan fingerprint density at radius 1 is 1.42 bits per heavy atom. The van der Waals surface area contributed by atoms with Gasteiger partial charge in [-0.25, -0.2) is 4.98 Å². The van der Waals surface area contributed by atoms with Crippen LogP contribution in [0.25, 0.3) is 0 Å². The summed E-state index contributed by atoms with van der Waals surface area (Å²) in [5.74, 6) is 1.42. The zero-order chi connectivity index (χ0) is 13.7. The summed E-state index contributed by atoms with van der Waals surface area (Å²) in [5.41, 5.74) is 3.84. The van der Waals surface area contributed by atoms with Gasteiger partial charge < -0.3 is 14.8 Å². The van der Waals surface area contributed by atoms with Crippen molar-refractivity contribution in [2.75, 3.05) is 14.2 Å². The molecule has 0 saturated carbocycles. The highest BCUT2D eigenvalue weighted by molar-refractivity contribution is 9.10. The Bertz CT molecular complexity index is 532. The second-order valence-corrected chi connectivity index (χ2v) is 5.48. The average Bonchev–Trinajstić information content (AvgIpc) is 2.90. The van der Waals surface area contributed by atoms with Gasteiger partial charge in [0.25, 0.3) is 0 Å². The van der Waals surface area contributed by atoms with Crippen LogP contribution >= 0.6 is 27.3 Å². The molecule has 1 aromatic carbocycles. The standard InChI is InChI=1S/C13H15BrN2O2S/c1-15-5-9-3-11(14)13(12(4-9)17-2)18-6-10-7-19-8-16-10/h3-4,7-8,15H,5-6H2,1-2H3. The number of rotatable bonds is 6. The smallest absolute Gasteiger partial charge is 0.175 e. The van der Waals surface area contributed by atoms with E-state index in [2.05, 4.69) is 26.2 Å². The van der Waals surface area contributed by atoms with E-state index in [4.69, 9.17) is 9.47 Å². The molecule has 0 aliphatic heterocycles. The first-order valence-electron chi connectivity index (χ1n) is 5.75. The van der Waals surface area contributed by atoms with Gasteiger partial charge >= 0.3 is 0 Å². The molecule has 102 valence electrons. The minimum atomic E-state index is 0.434. The van der Waals surface area contributed by atoms with Crippen LogP contribution in [-0.4, -0.2) is 19.1 Å². The Balaban J connectivity index is 2.18. The highest BCUT2D eigenvalue weighted by Gasteiger charge is 2.12. The Morgan fingerprint density at radius 2 is 2.26 bits per heavy atom. The van der Waals surface area contributed by atoms with Gasteiger partial charge in [0.05, 0.1) is 22.8 Å². The first-order valence-corrected chi connectivity index (χ1v) is 7.49. The summed E-state index contributed by atoms with van der Waals surface area (Å²) in [7, 11) is 3.55. The summed E-state index contributed by atoms with van der Waals surface area (Å²) < 4.78 is 12.1. The predicted molar refractivity (Wildman–Crippen MR) is 79.9 cm³/mol. The van der Waals surface area contributed by atoms with Crippen molar-refractivity contribution in [2.45, 2.75) is 13.2 Å². The van der Waals surface area contributed by atoms with Gasteiger partial charge in [0.15, 0.2) is 11.5 Å². The minimum Gasteiger partial charge on any atom is -0.493 e. The molecule has 1 aromatic heterocycles. The fourth-order valence-corrected chi connectivity index (χ4v) is 2.82. The molecule has 0 saturated heterocycles. The number of aromatic nitrogens is 1. The van der Waals surface area contributed by atoms with Gasteiger partial charge in [0.1, 0.15) is 6.61 Å². The number of hydrogen-bond acceptors (Lipinski definition) is 5. The van der Waals surface area contributed by atoms with E-state index in [1.165, 1.54) is 0 Å². The predicted octanol–water partition coefficient (Wildman–Crippen LogP) is 3.21. The van der Waals surface area contributed by atoms with Crippen LogP contribution in [0.1, 0.15) is 11.3 Å². The monoisotopic (exact) mass is 342 g/mol. The Morgan fingerprint density at radius 3 is 2.89 bits per heavy atom. The quantitative estimate of drug-likeness (QED) is 0.875. The number of thiazole rings is 1. The van der Waals surface area contributed by atoms with Crippen LogP contribution in [0.4, 0.5) is 0 Å². The van der Waals surface area contributed by atoms with Crippen molar-refractivity contribution in [1.82, 2.24) is 10.3 Å². The molecule has 6 heteroatoms. The van der Waals surface area contributed by atoms with E-state index < -0.39 is 0 Å². The minimum absolute atomic E-state index is 0.434. The van der Waals surface area contributed by atoms with Gasteiger partial charge in [-0.15, -0.1) is 11.3 Å². The third-order valence-corrected chi connectivity index (χ3v) is 3.74. The van der Waals surface area contributed by atoms with Gasteiger partial charge in [0, 0.05) is 11.9 Å². The van der Waals surface area contributed by atoms with Crippen LogP contribution in [0.3, 0.4) is 0 Å². The van der Waals surface area contributed by atoms with Crippen LogP contribution in [-0.2, 0) is 13.2 Å². The second-order valence-electron chi connectivity index (χ2n) is 3.91. The van der Waals surface area contributed by atoms with E-state index in [0.29, 0.717) is 12.4 Å². The number of ether oxygens (including phenoxy) is 2. The van der Waals surface area contributed by atoms with Crippen LogP contribution < -0.4 is 14.8 Å². The van der Waals surface area contributed by atoms with Crippen LogP contribution in [0.15, 0.2) is 27.5 Å². The van der Waals surface area contributed by atoms with E-state index in [0.717, 1.165) is 28.0 Å². The molecule has 0 bridgehead atoms. The molecular weight excluding hydrogens is 328 g/mol. The van der Waals surface area contributed by atoms with E-state index in [1.54, 1.807) is 24.0 Å². The van der Waals surface area contributed by atoms with Gasteiger partial charge in [-0.1, -0.05) is 0 Å². The third-order valence-electron chi connectivity index (χ3n) is 2.52. The van der Waals surface area contributed by atoms with Gasteiger partial charge in [-0.3, -0.25) is 0 Å². The molecule has 0 unspecified atom stereocenters. The molecule has 19 heavy (non-hydrogen) atoms. The van der Waals surface area contributed by atoms with Crippen LogP contribution in [0.5, 0.6) is 11.5 Å². The summed E-state index contributed by atoms with van der Waals surface area (Å²) in [5, 5.41) is 5.08. The molecule has 4 nitrogen and oxygen atoms in total. The fourth-order valence-electron chi connectivity index (χ4n) is 1.67. The van der Waals surface area contributed by atoms with Crippen molar-refractivity contribution in [3.8, 4) is 11.5 Å². The van der Waals surface area contributed by atoms with Crippen molar-refractivity contribution >= 4 is 27.3 Å². The lowest BCUT2D eigenvalue weighted by Crippen LogP contribution is -2.06. The maximum atomic E-state index is 5.79. The molecule has 1 N–H and O–H groups in total. The molecule has 0 spiro atoms. The zero-order valence-electron chi connectivity index (χ0n) is 10.8. The van der Waals surface area contributed by atoms with Crippen molar-refractivity contribution < 1.29 is 9.47 Å². The lowest BCUT2D eigenvalue weighted by molar-refractivity contribution is 0.279. The number of hydrogen-bond donors (Lipinski definition) is 1. The summed E-state index contributed by atoms with van der Waals surface area (Å²) >= 11 is 5.08. The number of nitrogens with one attached hydrogen (secondary N) is 1. The number of nitrogens with zero attached hydrogens (tertiary/aromatic N) is 1. The van der Waals surface area contributed by atoms with E-state index >= 15 is 0 Å². The van der Waals surface area contributed by atoms with Crippen LogP contribution in [0.2, 0.25) is 0 Å². The lowest BCUT2D eigenvalue weighted by Gasteiger charge is -2.13. The summed E-state index contributed by atoms with van der Waals surface area (Å²) in [6, 6.07) is 3.99. The Kier molecular flexibility index (Phi) is 5.18. The topological polar surface area (TPSA) is 43.4 Å². The van der Waals surface area contributed by atoms with Gasteiger partial charge in [-0.2, -0.15) is 0 Å². The van der Waals surface area contributed by atoms with Gasteiger partial charge in [0.2, 0.25) is 0 Å². The normalized spacial score (nSPS) is 10.5. The molecule has 0 atom stereocenters. The van der Waals surface area contributed by atoms with E-state index in [1.807, 2.05) is 24.6 Å². The van der Waals surface area contributed by atoms with Crippen molar-refractivity contribution in [2.24, 2.45) is 0 Å². The zero-order valence-corrected chi connectivity index (χ0v) is 13.2. The Hall–Kier alpha value is -1.11. The van der Waals surface area contributed by atoms with Crippen LogP contribution in [0, 0.1) is 0 Å². The average molecular weight is 343 g/mol.